The minimum Gasteiger partial charge on any atom is -0.491 e. The zero-order valence-electron chi connectivity index (χ0n) is 11.1. The van der Waals surface area contributed by atoms with Gasteiger partial charge in [0.15, 0.2) is 5.82 Å². The molecule has 1 aliphatic heterocycles. The molecule has 2 heterocycles. The molecule has 0 bridgehead atoms. The molecule has 0 saturated heterocycles. The largest absolute Gasteiger partial charge is 0.491 e. The lowest BCUT2D eigenvalue weighted by atomic mass is 10.3. The number of fused-ring (bicyclic) bond motifs is 1. The van der Waals surface area contributed by atoms with Crippen molar-refractivity contribution in [3.8, 4) is 5.75 Å². The maximum atomic E-state index is 13.8. The van der Waals surface area contributed by atoms with Gasteiger partial charge in [-0.2, -0.15) is 8.42 Å². The van der Waals surface area contributed by atoms with Gasteiger partial charge in [0, 0.05) is 19.2 Å². The van der Waals surface area contributed by atoms with E-state index in [1.54, 1.807) is 24.3 Å². The first-order chi connectivity index (χ1) is 10.1. The zero-order chi connectivity index (χ0) is 14.9. The summed E-state index contributed by atoms with van der Waals surface area (Å²) >= 11 is 0. The molecule has 110 valence electrons. The van der Waals surface area contributed by atoms with Crippen LogP contribution < -0.4 is 9.04 Å². The fraction of sp³-hybridized carbons (Fsp3) is 0.214. The number of pyridine rings is 1. The van der Waals surface area contributed by atoms with Crippen molar-refractivity contribution in [2.75, 3.05) is 17.5 Å². The first kappa shape index (κ1) is 13.8. The van der Waals surface area contributed by atoms with Crippen LogP contribution in [0.5, 0.6) is 5.75 Å². The number of benzene rings is 1. The molecule has 7 heteroatoms. The van der Waals surface area contributed by atoms with Crippen LogP contribution >= 0.6 is 0 Å². The molecule has 0 aliphatic carbocycles. The summed E-state index contributed by atoms with van der Waals surface area (Å²) in [5.74, 6) is -0.393. The van der Waals surface area contributed by atoms with Crippen LogP contribution in [0, 0.1) is 5.82 Å². The Morgan fingerprint density at radius 3 is 2.81 bits per heavy atom. The predicted octanol–water partition coefficient (Wildman–Crippen LogP) is 2.20. The summed E-state index contributed by atoms with van der Waals surface area (Å²) in [6, 6.07) is 9.24. The maximum absolute atomic E-state index is 13.8. The van der Waals surface area contributed by atoms with E-state index in [2.05, 4.69) is 4.98 Å². The Hall–Kier alpha value is -2.15. The topological polar surface area (TPSA) is 59.5 Å². The standard InChI is InChI=1S/C14H13FN2O3S/c15-11-5-3-8-16-14(11)21(18,19)17-9-4-10-20-13-7-2-1-6-12(13)17/h1-3,5-8H,4,9-10H2. The minimum absolute atomic E-state index is 0.218. The second kappa shape index (κ2) is 5.33. The number of hydrogen-bond acceptors (Lipinski definition) is 4. The lowest BCUT2D eigenvalue weighted by Crippen LogP contribution is -2.32. The zero-order valence-corrected chi connectivity index (χ0v) is 11.9. The van der Waals surface area contributed by atoms with Gasteiger partial charge in [-0.15, -0.1) is 0 Å². The monoisotopic (exact) mass is 308 g/mol. The van der Waals surface area contributed by atoms with E-state index in [1.807, 2.05) is 0 Å². The van der Waals surface area contributed by atoms with Crippen LogP contribution in [0.1, 0.15) is 6.42 Å². The highest BCUT2D eigenvalue weighted by atomic mass is 32.2. The summed E-state index contributed by atoms with van der Waals surface area (Å²) < 4.78 is 45.9. The average molecular weight is 308 g/mol. The molecule has 1 aromatic heterocycles. The maximum Gasteiger partial charge on any atom is 0.284 e. The van der Waals surface area contributed by atoms with Crippen LogP contribution in [0.15, 0.2) is 47.6 Å². The van der Waals surface area contributed by atoms with Gasteiger partial charge >= 0.3 is 0 Å². The molecule has 0 saturated carbocycles. The highest BCUT2D eigenvalue weighted by Gasteiger charge is 2.31. The van der Waals surface area contributed by atoms with E-state index in [0.717, 1.165) is 10.4 Å². The highest BCUT2D eigenvalue weighted by Crippen LogP contribution is 2.34. The molecule has 2 aromatic rings. The number of aromatic nitrogens is 1. The van der Waals surface area contributed by atoms with Crippen LogP contribution in [0.2, 0.25) is 0 Å². The van der Waals surface area contributed by atoms with Crippen molar-refractivity contribution in [1.82, 2.24) is 4.98 Å². The molecule has 1 aliphatic rings. The van der Waals surface area contributed by atoms with E-state index in [-0.39, 0.29) is 6.54 Å². The summed E-state index contributed by atoms with van der Waals surface area (Å²) in [6.45, 7) is 0.628. The second-order valence-corrected chi connectivity index (χ2v) is 6.31. The lowest BCUT2D eigenvalue weighted by molar-refractivity contribution is 0.322. The Kier molecular flexibility index (Phi) is 3.50. The van der Waals surface area contributed by atoms with Crippen molar-refractivity contribution in [3.63, 3.8) is 0 Å². The van der Waals surface area contributed by atoms with Crippen LogP contribution in [-0.2, 0) is 10.0 Å². The van der Waals surface area contributed by atoms with Crippen LogP contribution in [0.3, 0.4) is 0 Å². The van der Waals surface area contributed by atoms with E-state index in [0.29, 0.717) is 24.5 Å². The van der Waals surface area contributed by atoms with E-state index >= 15 is 0 Å². The third-order valence-corrected chi connectivity index (χ3v) is 4.90. The van der Waals surface area contributed by atoms with Crippen LogP contribution in [0.4, 0.5) is 10.1 Å². The third-order valence-electron chi connectivity index (χ3n) is 3.16. The number of sulfonamides is 1. The number of rotatable bonds is 2. The minimum atomic E-state index is -4.06. The van der Waals surface area contributed by atoms with Gasteiger partial charge in [0.25, 0.3) is 10.0 Å². The summed E-state index contributed by atoms with van der Waals surface area (Å²) in [5.41, 5.74) is 0.403. The van der Waals surface area contributed by atoms with Crippen molar-refractivity contribution in [1.29, 1.82) is 0 Å². The van der Waals surface area contributed by atoms with Gasteiger partial charge in [0.2, 0.25) is 5.03 Å². The van der Waals surface area contributed by atoms with Gasteiger partial charge in [-0.25, -0.2) is 9.37 Å². The van der Waals surface area contributed by atoms with E-state index in [4.69, 9.17) is 4.74 Å². The lowest BCUT2D eigenvalue weighted by Gasteiger charge is -2.22. The van der Waals surface area contributed by atoms with Crippen molar-refractivity contribution >= 4 is 15.7 Å². The van der Waals surface area contributed by atoms with E-state index in [1.165, 1.54) is 12.3 Å². The van der Waals surface area contributed by atoms with Gasteiger partial charge in [0.1, 0.15) is 5.75 Å². The number of halogens is 1. The molecule has 0 N–H and O–H groups in total. The summed E-state index contributed by atoms with van der Waals surface area (Å²) in [7, 11) is -4.06. The Morgan fingerprint density at radius 2 is 2.00 bits per heavy atom. The van der Waals surface area contributed by atoms with Gasteiger partial charge in [-0.3, -0.25) is 4.31 Å². The molecule has 0 radical (unpaired) electrons. The molecule has 1 aromatic carbocycles. The van der Waals surface area contributed by atoms with Crippen LogP contribution in [0.25, 0.3) is 0 Å². The van der Waals surface area contributed by atoms with Gasteiger partial charge in [-0.1, -0.05) is 12.1 Å². The predicted molar refractivity (Wildman–Crippen MR) is 75.3 cm³/mol. The van der Waals surface area contributed by atoms with Gasteiger partial charge < -0.3 is 4.74 Å². The highest BCUT2D eigenvalue weighted by molar-refractivity contribution is 7.92. The van der Waals surface area contributed by atoms with E-state index < -0.39 is 20.9 Å². The number of ether oxygens (including phenoxy) is 1. The van der Waals surface area contributed by atoms with Crippen molar-refractivity contribution in [2.24, 2.45) is 0 Å². The Bertz CT molecular complexity index is 764. The number of nitrogens with zero attached hydrogens (tertiary/aromatic N) is 2. The molecule has 0 amide bonds. The normalized spacial score (nSPS) is 15.0. The number of hydrogen-bond donors (Lipinski definition) is 0. The quantitative estimate of drug-likeness (QED) is 0.853. The summed E-state index contributed by atoms with van der Waals surface area (Å²) in [6.07, 6.45) is 1.78. The molecule has 3 rings (SSSR count). The Balaban J connectivity index is 2.13. The molecule has 5 nitrogen and oxygen atoms in total. The Morgan fingerprint density at radius 1 is 1.19 bits per heavy atom. The van der Waals surface area contributed by atoms with Crippen molar-refractivity contribution in [3.05, 3.63) is 48.4 Å². The summed E-state index contributed by atoms with van der Waals surface area (Å²) in [4.78, 5) is 3.68. The average Bonchev–Trinajstić information content (AvgIpc) is 2.70. The molecule has 0 atom stereocenters. The first-order valence-electron chi connectivity index (χ1n) is 6.46. The number of para-hydroxylation sites is 2. The molecular formula is C14H13FN2O3S. The smallest absolute Gasteiger partial charge is 0.284 e. The molecule has 0 fully saturated rings. The third kappa shape index (κ3) is 2.44. The van der Waals surface area contributed by atoms with Gasteiger partial charge in [0.05, 0.1) is 12.3 Å². The number of anilines is 1. The van der Waals surface area contributed by atoms with E-state index in [9.17, 15) is 12.8 Å². The van der Waals surface area contributed by atoms with Crippen molar-refractivity contribution < 1.29 is 17.5 Å². The fourth-order valence-electron chi connectivity index (χ4n) is 2.21. The molecular weight excluding hydrogens is 295 g/mol. The summed E-state index contributed by atoms with van der Waals surface area (Å²) in [5, 5.41) is -0.568. The molecule has 0 spiro atoms. The molecule has 0 unspecified atom stereocenters. The fourth-order valence-corrected chi connectivity index (χ4v) is 3.71. The SMILES string of the molecule is O=S(=O)(c1ncccc1F)N1CCCOc2ccccc21. The van der Waals surface area contributed by atoms with Crippen LogP contribution in [-0.4, -0.2) is 26.6 Å². The Labute approximate surface area is 122 Å². The first-order valence-corrected chi connectivity index (χ1v) is 7.90. The van der Waals surface area contributed by atoms with Crippen molar-refractivity contribution in [2.45, 2.75) is 11.4 Å². The second-order valence-electron chi connectivity index (χ2n) is 4.54. The molecule has 21 heavy (non-hydrogen) atoms. The van der Waals surface area contributed by atoms with Gasteiger partial charge in [-0.05, 0) is 24.3 Å².